The van der Waals surface area contributed by atoms with Crippen LogP contribution in [0.25, 0.3) is 0 Å². The molecule has 3 aliphatic rings. The molecule has 0 unspecified atom stereocenters. The van der Waals surface area contributed by atoms with Crippen molar-refractivity contribution < 1.29 is 109 Å². The molecule has 0 bridgehead atoms. The number of esters is 6. The van der Waals surface area contributed by atoms with E-state index in [1.54, 1.807) is 18.2 Å². The van der Waals surface area contributed by atoms with Gasteiger partial charge in [0.2, 0.25) is 5.91 Å². The predicted molar refractivity (Wildman–Crippen MR) is 331 cm³/mol. The van der Waals surface area contributed by atoms with Crippen molar-refractivity contribution in [1.82, 2.24) is 5.32 Å². The maximum atomic E-state index is 15.0. The van der Waals surface area contributed by atoms with Crippen molar-refractivity contribution in [3.63, 3.8) is 0 Å². The van der Waals surface area contributed by atoms with Gasteiger partial charge in [-0.1, -0.05) is 146 Å². The number of nitrogens with one attached hydrogen (secondary N) is 1. The van der Waals surface area contributed by atoms with E-state index in [9.17, 15) is 33.6 Å². The second-order valence-corrected chi connectivity index (χ2v) is 22.6. The standard InChI is InChI=1S/C70H83NO23/c1-44(72)71-58-62(59(87-47(4)75)55(42-82-45(2)73)89-68(58)81-36-24-12-23-35-57(77)79-6)94-70-66(92-67(78)53-33-21-11-22-34-53)64(85-39-51-29-17-9-18-30-51)61(54(90-70)41-80-37-49-25-13-7-14-26-49)93-69-65(86-40-52-31-19-10-20-32-52)63(84-38-50-27-15-8-16-28-50)60(88-48(5)76)56(91-69)43-83-46(3)74/h7-11,13-22,25-34,54-56,58-66,68-70H,12,23-24,35-43H2,1-6H3,(H,71,72)/t54-,55-,56-,58-,59+,60+,61+,62-,63+,64+,65-,66-,68+,69-,70+/m1/s1. The van der Waals surface area contributed by atoms with E-state index in [0.717, 1.165) is 23.6 Å². The van der Waals surface area contributed by atoms with Crippen LogP contribution < -0.4 is 5.32 Å². The first-order valence-electron chi connectivity index (χ1n) is 31.2. The van der Waals surface area contributed by atoms with Crippen molar-refractivity contribution in [3.8, 4) is 0 Å². The summed E-state index contributed by atoms with van der Waals surface area (Å²) in [4.78, 5) is 92.3. The average molecular weight is 1310 g/mol. The highest BCUT2D eigenvalue weighted by Crippen LogP contribution is 2.39. The Labute approximate surface area is 546 Å². The second-order valence-electron chi connectivity index (χ2n) is 22.6. The van der Waals surface area contributed by atoms with Crippen LogP contribution >= 0.6 is 0 Å². The third kappa shape index (κ3) is 22.0. The number of ether oxygens (including phenoxy) is 16. The van der Waals surface area contributed by atoms with Gasteiger partial charge in [-0.3, -0.25) is 28.8 Å². The summed E-state index contributed by atoms with van der Waals surface area (Å²) in [5.41, 5.74) is 3.02. The molecule has 94 heavy (non-hydrogen) atoms. The van der Waals surface area contributed by atoms with Crippen LogP contribution in [-0.4, -0.2) is 167 Å². The summed E-state index contributed by atoms with van der Waals surface area (Å²) in [6.07, 6.45) is -18.8. The molecule has 24 heteroatoms. The van der Waals surface area contributed by atoms with E-state index in [0.29, 0.717) is 24.8 Å². The van der Waals surface area contributed by atoms with Crippen LogP contribution in [0.1, 0.15) is 92.9 Å². The maximum Gasteiger partial charge on any atom is 0.338 e. The molecule has 0 aliphatic carbocycles. The molecule has 506 valence electrons. The van der Waals surface area contributed by atoms with Gasteiger partial charge < -0.3 is 81.1 Å². The van der Waals surface area contributed by atoms with Gasteiger partial charge >= 0.3 is 35.8 Å². The summed E-state index contributed by atoms with van der Waals surface area (Å²) in [5.74, 6) is -4.76. The zero-order valence-corrected chi connectivity index (χ0v) is 53.5. The summed E-state index contributed by atoms with van der Waals surface area (Å²) >= 11 is 0. The molecule has 5 aromatic carbocycles. The van der Waals surface area contributed by atoms with Crippen LogP contribution in [-0.2, 0) is 131 Å². The second kappa shape index (κ2) is 37.2. The van der Waals surface area contributed by atoms with E-state index in [-0.39, 0.29) is 57.6 Å². The number of rotatable bonds is 33. The lowest BCUT2D eigenvalue weighted by molar-refractivity contribution is -0.381. The van der Waals surface area contributed by atoms with Crippen molar-refractivity contribution in [2.24, 2.45) is 0 Å². The first-order chi connectivity index (χ1) is 45.5. The van der Waals surface area contributed by atoms with Gasteiger partial charge in [0.15, 0.2) is 37.2 Å². The molecule has 3 aliphatic heterocycles. The Morgan fingerprint density at radius 2 is 0.830 bits per heavy atom. The first kappa shape index (κ1) is 71.8. The molecule has 24 nitrogen and oxygen atoms in total. The molecular formula is C70H83NO23. The first-order valence-corrected chi connectivity index (χ1v) is 31.2. The summed E-state index contributed by atoms with van der Waals surface area (Å²) in [6.45, 7) is 4.52. The van der Waals surface area contributed by atoms with Crippen molar-refractivity contribution in [3.05, 3.63) is 179 Å². The van der Waals surface area contributed by atoms with Crippen LogP contribution in [0.5, 0.6) is 0 Å². The van der Waals surface area contributed by atoms with Crippen LogP contribution in [0.3, 0.4) is 0 Å². The van der Waals surface area contributed by atoms with Crippen molar-refractivity contribution >= 4 is 41.7 Å². The highest BCUT2D eigenvalue weighted by molar-refractivity contribution is 5.89. The Balaban J connectivity index is 1.29. The Morgan fingerprint density at radius 1 is 0.404 bits per heavy atom. The van der Waals surface area contributed by atoms with Gasteiger partial charge in [0.05, 0.1) is 45.7 Å². The van der Waals surface area contributed by atoms with E-state index in [1.165, 1.54) is 46.9 Å². The van der Waals surface area contributed by atoms with Crippen molar-refractivity contribution in [2.75, 3.05) is 33.5 Å². The molecule has 8 rings (SSSR count). The van der Waals surface area contributed by atoms with Gasteiger partial charge in [-0.25, -0.2) is 4.79 Å². The molecule has 0 aromatic heterocycles. The molecule has 3 fully saturated rings. The number of benzene rings is 5. The van der Waals surface area contributed by atoms with Gasteiger partial charge in [-0.15, -0.1) is 0 Å². The minimum Gasteiger partial charge on any atom is -0.469 e. The van der Waals surface area contributed by atoms with Gasteiger partial charge in [0.25, 0.3) is 0 Å². The molecule has 15 atom stereocenters. The number of methoxy groups -OCH3 is 1. The number of carbonyl (C=O) groups is 7. The average Bonchev–Trinajstić information content (AvgIpc) is 0.761. The maximum absolute atomic E-state index is 15.0. The summed E-state index contributed by atoms with van der Waals surface area (Å²) in [5, 5.41) is 2.87. The predicted octanol–water partition coefficient (Wildman–Crippen LogP) is 7.37. The van der Waals surface area contributed by atoms with E-state index in [4.69, 9.17) is 75.8 Å². The largest absolute Gasteiger partial charge is 0.469 e. The van der Waals surface area contributed by atoms with E-state index < -0.39 is 141 Å². The SMILES string of the molecule is COC(=O)CCCCCO[C@H]1O[C@H](COC(C)=O)[C@H](OC(C)=O)[C@H](O[C@@H]2O[C@H](COCc3ccccc3)[C@H](O[C@H]3O[C@H](COC(C)=O)[C@H](OC(C)=O)[C@H](OCc4ccccc4)[C@H]3OCc3ccccc3)[C@H](OCc3ccccc3)[C@H]2OC(=O)c2ccccc2)[C@H]1NC(C)=O. The van der Waals surface area contributed by atoms with Crippen molar-refractivity contribution in [1.29, 1.82) is 0 Å². The molecule has 1 amide bonds. The molecule has 0 radical (unpaired) electrons. The summed E-state index contributed by atoms with van der Waals surface area (Å²) in [7, 11) is 1.30. The van der Waals surface area contributed by atoms with Gasteiger partial charge in [0.1, 0.15) is 68.1 Å². The van der Waals surface area contributed by atoms with Gasteiger partial charge in [-0.2, -0.15) is 0 Å². The molecular weight excluding hydrogens is 1220 g/mol. The Hall–Kier alpha value is -8.01. The number of unbranched alkanes of at least 4 members (excludes halogenated alkanes) is 2. The minimum absolute atomic E-state index is 0.0143. The topological polar surface area (TPSA) is 279 Å². The number of hydrogen-bond acceptors (Lipinski definition) is 23. The fraction of sp³-hybridized carbons (Fsp3) is 0.471. The van der Waals surface area contributed by atoms with Crippen LogP contribution in [0.2, 0.25) is 0 Å². The fourth-order valence-corrected chi connectivity index (χ4v) is 11.0. The lowest BCUT2D eigenvalue weighted by Crippen LogP contribution is -2.70. The Bertz CT molecular complexity index is 3150. The monoisotopic (exact) mass is 1310 g/mol. The lowest BCUT2D eigenvalue weighted by atomic mass is 9.94. The molecule has 0 saturated carbocycles. The summed E-state index contributed by atoms with van der Waals surface area (Å²) in [6, 6.07) is 43.6. The lowest BCUT2D eigenvalue weighted by Gasteiger charge is -2.51. The van der Waals surface area contributed by atoms with Crippen LogP contribution in [0.15, 0.2) is 152 Å². The zero-order valence-electron chi connectivity index (χ0n) is 53.5. The Morgan fingerprint density at radius 3 is 1.31 bits per heavy atom. The number of amides is 1. The van der Waals surface area contributed by atoms with Gasteiger partial charge in [0, 0.05) is 47.6 Å². The normalized spacial score (nSPS) is 25.8. The molecule has 0 spiro atoms. The highest BCUT2D eigenvalue weighted by Gasteiger charge is 2.59. The third-order valence-corrected chi connectivity index (χ3v) is 15.3. The van der Waals surface area contributed by atoms with E-state index in [1.807, 2.05) is 121 Å². The minimum atomic E-state index is -1.80. The molecule has 5 aromatic rings. The molecule has 1 N–H and O–H groups in total. The zero-order chi connectivity index (χ0) is 66.8. The van der Waals surface area contributed by atoms with Gasteiger partial charge in [-0.05, 0) is 47.2 Å². The van der Waals surface area contributed by atoms with Crippen molar-refractivity contribution in [2.45, 2.75) is 179 Å². The fourth-order valence-electron chi connectivity index (χ4n) is 11.0. The number of carbonyl (C=O) groups excluding carboxylic acids is 7. The highest BCUT2D eigenvalue weighted by atomic mass is 16.8. The van der Waals surface area contributed by atoms with Crippen LogP contribution in [0, 0.1) is 0 Å². The van der Waals surface area contributed by atoms with E-state index in [2.05, 4.69) is 5.32 Å². The third-order valence-electron chi connectivity index (χ3n) is 15.3. The Kier molecular flexibility index (Phi) is 28.4. The quantitative estimate of drug-likeness (QED) is 0.0244. The summed E-state index contributed by atoms with van der Waals surface area (Å²) < 4.78 is 103. The van der Waals surface area contributed by atoms with Crippen LogP contribution in [0.4, 0.5) is 0 Å². The molecule has 3 saturated heterocycles. The smallest absolute Gasteiger partial charge is 0.338 e. The number of hydrogen-bond donors (Lipinski definition) is 1. The molecule has 3 heterocycles. The van der Waals surface area contributed by atoms with E-state index >= 15 is 0 Å².